The van der Waals surface area contributed by atoms with Gasteiger partial charge in [-0.3, -0.25) is 0 Å². The summed E-state index contributed by atoms with van der Waals surface area (Å²) in [6, 6.07) is 83.4. The number of hydrogen-bond acceptors (Lipinski definition) is 2. The molecule has 0 saturated heterocycles. The van der Waals surface area contributed by atoms with Crippen molar-refractivity contribution in [1.29, 1.82) is 0 Å². The van der Waals surface area contributed by atoms with Crippen LogP contribution in [0.5, 0.6) is 0 Å². The molecule has 61 heavy (non-hydrogen) atoms. The molecule has 11 aromatic rings. The second-order valence-electron chi connectivity index (χ2n) is 16.4. The molecule has 2 aliphatic rings. The zero-order valence-electron chi connectivity index (χ0n) is 33.3. The van der Waals surface area contributed by atoms with E-state index in [0.717, 1.165) is 0 Å². The first-order valence-corrected chi connectivity index (χ1v) is 21.2. The minimum atomic E-state index is -0.0248. The summed E-state index contributed by atoms with van der Waals surface area (Å²) in [5.74, 6) is 0. The Bertz CT molecular complexity index is 3330. The maximum absolute atomic E-state index is 2.60. The molecule has 282 valence electrons. The molecule has 2 nitrogen and oxygen atoms in total. The zero-order chi connectivity index (χ0) is 40.0. The maximum atomic E-state index is 2.60. The predicted octanol–water partition coefficient (Wildman–Crippen LogP) is 13.7. The monoisotopic (exact) mass is 772 g/mol. The lowest BCUT2D eigenvalue weighted by Crippen LogP contribution is -2.61. The Hall–Kier alpha value is -7.88. The molecule has 0 saturated carbocycles. The highest BCUT2D eigenvalue weighted by Gasteiger charge is 2.44. The van der Waals surface area contributed by atoms with Gasteiger partial charge in [-0.2, -0.15) is 0 Å². The van der Waals surface area contributed by atoms with Gasteiger partial charge in [-0.25, -0.2) is 0 Å². The van der Waals surface area contributed by atoms with Gasteiger partial charge in [0.05, 0.1) is 11.4 Å². The first-order chi connectivity index (χ1) is 30.3. The average molecular weight is 773 g/mol. The van der Waals surface area contributed by atoms with E-state index in [1.165, 1.54) is 116 Å². The van der Waals surface area contributed by atoms with Crippen LogP contribution in [0.3, 0.4) is 0 Å². The molecule has 0 bridgehead atoms. The number of nitrogens with zero attached hydrogens (tertiary/aromatic N) is 2. The van der Waals surface area contributed by atoms with Crippen molar-refractivity contribution in [3.63, 3.8) is 0 Å². The van der Waals surface area contributed by atoms with Gasteiger partial charge >= 0.3 is 0 Å². The summed E-state index contributed by atoms with van der Waals surface area (Å²) in [5, 5.41) is 9.82. The highest BCUT2D eigenvalue weighted by molar-refractivity contribution is 7.00. The van der Waals surface area contributed by atoms with Gasteiger partial charge in [0.25, 0.3) is 6.71 Å². The lowest BCUT2D eigenvalue weighted by atomic mass is 9.33. The topological polar surface area (TPSA) is 6.48 Å². The first kappa shape index (κ1) is 34.0. The van der Waals surface area contributed by atoms with Gasteiger partial charge in [0.1, 0.15) is 0 Å². The van der Waals surface area contributed by atoms with Crippen LogP contribution in [-0.2, 0) is 0 Å². The first-order valence-electron chi connectivity index (χ1n) is 21.2. The number of fused-ring (bicyclic) bond motifs is 8. The summed E-state index contributed by atoms with van der Waals surface area (Å²) < 4.78 is 0. The zero-order valence-corrected chi connectivity index (χ0v) is 33.3. The smallest absolute Gasteiger partial charge is 0.252 e. The van der Waals surface area contributed by atoms with Crippen LogP contribution in [0.15, 0.2) is 224 Å². The molecule has 13 rings (SSSR count). The molecule has 2 aliphatic heterocycles. The summed E-state index contributed by atoms with van der Waals surface area (Å²) in [5.41, 5.74) is 15.9. The van der Waals surface area contributed by atoms with E-state index in [1.807, 2.05) is 0 Å². The second kappa shape index (κ2) is 13.3. The minimum Gasteiger partial charge on any atom is -0.310 e. The molecule has 0 unspecified atom stereocenters. The Morgan fingerprint density at radius 3 is 1.10 bits per heavy atom. The molecule has 0 amide bonds. The van der Waals surface area contributed by atoms with Crippen molar-refractivity contribution in [3.05, 3.63) is 224 Å². The van der Waals surface area contributed by atoms with Gasteiger partial charge < -0.3 is 9.80 Å². The summed E-state index contributed by atoms with van der Waals surface area (Å²) in [6.07, 6.45) is 0. The van der Waals surface area contributed by atoms with Gasteiger partial charge in [-0.05, 0) is 84.1 Å². The summed E-state index contributed by atoms with van der Waals surface area (Å²) in [4.78, 5) is 5.21. The maximum Gasteiger partial charge on any atom is 0.252 e. The molecule has 0 aliphatic carbocycles. The Morgan fingerprint density at radius 1 is 0.279 bits per heavy atom. The van der Waals surface area contributed by atoms with Crippen LogP contribution in [0.2, 0.25) is 0 Å². The van der Waals surface area contributed by atoms with E-state index < -0.39 is 0 Å². The van der Waals surface area contributed by atoms with E-state index in [4.69, 9.17) is 0 Å². The van der Waals surface area contributed by atoms with E-state index in [0.29, 0.717) is 0 Å². The SMILES string of the molecule is c1ccc(-c2ccc3ccccc3c2N2c3cc4ccccc4cc3B3c4cc5ccccc5cc4N(c4c(-c5ccccc5)ccc5ccccc45)c4cccc2c43)cc1. The molecule has 0 aromatic heterocycles. The average Bonchev–Trinajstić information content (AvgIpc) is 3.33. The highest BCUT2D eigenvalue weighted by atomic mass is 15.2. The Balaban J connectivity index is 1.20. The fourth-order valence-corrected chi connectivity index (χ4v) is 10.5. The molecular weight excluding hydrogens is 735 g/mol. The molecule has 0 N–H and O–H groups in total. The molecule has 0 atom stereocenters. The van der Waals surface area contributed by atoms with Crippen molar-refractivity contribution in [3.8, 4) is 22.3 Å². The lowest BCUT2D eigenvalue weighted by molar-refractivity contribution is 1.27. The van der Waals surface area contributed by atoms with E-state index in [1.54, 1.807) is 0 Å². The fourth-order valence-electron chi connectivity index (χ4n) is 10.5. The standard InChI is InChI=1S/C58H37BN2/c1-3-16-38(17-4-1)48-32-30-40-20-11-13-26-46(40)57(48)60-52-28-15-29-53-56(52)59(50-34-42-22-7-9-24-44(42)36-54(50)60)51-35-43-23-8-10-25-45(43)37-55(51)61(53)58-47-27-14-12-21-41(47)31-33-49(58)39-18-5-2-6-19-39/h1-37H. The van der Waals surface area contributed by atoms with Crippen LogP contribution in [0, 0.1) is 0 Å². The Kier molecular flexibility index (Phi) is 7.43. The minimum absolute atomic E-state index is 0.0248. The van der Waals surface area contributed by atoms with Gasteiger partial charge in [-0.15, -0.1) is 0 Å². The van der Waals surface area contributed by atoms with Crippen LogP contribution < -0.4 is 26.2 Å². The third-order valence-corrected chi connectivity index (χ3v) is 13.1. The normalized spacial score (nSPS) is 12.8. The number of rotatable bonds is 4. The van der Waals surface area contributed by atoms with Gasteiger partial charge in [0.15, 0.2) is 0 Å². The van der Waals surface area contributed by atoms with E-state index >= 15 is 0 Å². The van der Waals surface area contributed by atoms with Crippen LogP contribution in [0.1, 0.15) is 0 Å². The Labute approximate surface area is 355 Å². The Morgan fingerprint density at radius 2 is 0.656 bits per heavy atom. The molecule has 0 fully saturated rings. The van der Waals surface area contributed by atoms with Crippen molar-refractivity contribution < 1.29 is 0 Å². The van der Waals surface area contributed by atoms with Crippen LogP contribution in [-0.4, -0.2) is 6.71 Å². The molecular formula is C58H37BN2. The van der Waals surface area contributed by atoms with Gasteiger partial charge in [0, 0.05) is 44.6 Å². The van der Waals surface area contributed by atoms with E-state index in [2.05, 4.69) is 234 Å². The van der Waals surface area contributed by atoms with Crippen molar-refractivity contribution in [1.82, 2.24) is 0 Å². The van der Waals surface area contributed by atoms with Crippen molar-refractivity contribution in [2.45, 2.75) is 0 Å². The number of benzene rings is 11. The van der Waals surface area contributed by atoms with Gasteiger partial charge in [0.2, 0.25) is 0 Å². The highest BCUT2D eigenvalue weighted by Crippen LogP contribution is 2.51. The van der Waals surface area contributed by atoms with Crippen LogP contribution >= 0.6 is 0 Å². The molecule has 11 aromatic carbocycles. The van der Waals surface area contributed by atoms with Crippen LogP contribution in [0.4, 0.5) is 34.1 Å². The third-order valence-electron chi connectivity index (χ3n) is 13.1. The third kappa shape index (κ3) is 5.11. The van der Waals surface area contributed by atoms with Gasteiger partial charge in [-0.1, -0.05) is 200 Å². The summed E-state index contributed by atoms with van der Waals surface area (Å²) in [7, 11) is 0. The van der Waals surface area contributed by atoms with E-state index in [-0.39, 0.29) is 6.71 Å². The van der Waals surface area contributed by atoms with Crippen molar-refractivity contribution in [2.24, 2.45) is 0 Å². The largest absolute Gasteiger partial charge is 0.310 e. The predicted molar refractivity (Wildman–Crippen MR) is 261 cm³/mol. The number of anilines is 6. The fraction of sp³-hybridized carbons (Fsp3) is 0. The molecule has 0 radical (unpaired) electrons. The van der Waals surface area contributed by atoms with Crippen LogP contribution in [0.25, 0.3) is 65.3 Å². The molecule has 3 heteroatoms. The molecule has 2 heterocycles. The number of hydrogen-bond donors (Lipinski definition) is 0. The molecule has 0 spiro atoms. The summed E-state index contributed by atoms with van der Waals surface area (Å²) in [6.45, 7) is -0.0248. The summed E-state index contributed by atoms with van der Waals surface area (Å²) >= 11 is 0. The quantitative estimate of drug-likeness (QED) is 0.164. The second-order valence-corrected chi connectivity index (χ2v) is 16.4. The van der Waals surface area contributed by atoms with E-state index in [9.17, 15) is 0 Å². The van der Waals surface area contributed by atoms with Crippen molar-refractivity contribution in [2.75, 3.05) is 9.80 Å². The van der Waals surface area contributed by atoms with Crippen molar-refractivity contribution >= 4 is 100 Å². The lowest BCUT2D eigenvalue weighted by Gasteiger charge is -2.45.